The highest BCUT2D eigenvalue weighted by molar-refractivity contribution is 5.78. The van der Waals surface area contributed by atoms with Crippen molar-refractivity contribution in [3.63, 3.8) is 0 Å². The van der Waals surface area contributed by atoms with Crippen molar-refractivity contribution in [2.75, 3.05) is 6.61 Å². The van der Waals surface area contributed by atoms with Crippen LogP contribution in [0, 0.1) is 5.82 Å². The molecular weight excluding hydrogens is 359 g/mol. The Morgan fingerprint density at radius 2 is 1.79 bits per heavy atom. The van der Waals surface area contributed by atoms with Gasteiger partial charge >= 0.3 is 0 Å². The molecule has 0 atom stereocenters. The topological polar surface area (TPSA) is 60.5 Å². The summed E-state index contributed by atoms with van der Waals surface area (Å²) in [5.74, 6) is 1.02. The fourth-order valence-corrected chi connectivity index (χ4v) is 2.58. The molecule has 1 amide bonds. The Kier molecular flexibility index (Phi) is 6.57. The van der Waals surface area contributed by atoms with Crippen molar-refractivity contribution in [3.05, 3.63) is 83.8 Å². The molecule has 1 heterocycles. The number of hydrogen-bond donors (Lipinski definition) is 1. The SMILES string of the molecule is CCOc1ccccc1Oc1ccc(CNC(=O)Cc2ccccc2F)cn1. The first-order valence-electron chi connectivity index (χ1n) is 9.00. The van der Waals surface area contributed by atoms with Crippen LogP contribution < -0.4 is 14.8 Å². The van der Waals surface area contributed by atoms with Gasteiger partial charge in [0.2, 0.25) is 11.8 Å². The van der Waals surface area contributed by atoms with Crippen LogP contribution in [0.5, 0.6) is 17.4 Å². The van der Waals surface area contributed by atoms with Gasteiger partial charge in [0.25, 0.3) is 0 Å². The number of nitrogens with one attached hydrogen (secondary N) is 1. The molecule has 0 saturated heterocycles. The van der Waals surface area contributed by atoms with Crippen molar-refractivity contribution in [2.45, 2.75) is 19.9 Å². The van der Waals surface area contributed by atoms with Crippen LogP contribution in [0.15, 0.2) is 66.9 Å². The summed E-state index contributed by atoms with van der Waals surface area (Å²) >= 11 is 0. The molecule has 0 spiro atoms. The number of para-hydroxylation sites is 2. The predicted octanol–water partition coefficient (Wildman–Crippen LogP) is 4.27. The Balaban J connectivity index is 1.55. The molecule has 0 aliphatic heterocycles. The smallest absolute Gasteiger partial charge is 0.224 e. The molecule has 1 N–H and O–H groups in total. The number of amides is 1. The third-order valence-corrected chi connectivity index (χ3v) is 3.96. The van der Waals surface area contributed by atoms with Crippen molar-refractivity contribution in [1.29, 1.82) is 0 Å². The zero-order valence-corrected chi connectivity index (χ0v) is 15.5. The van der Waals surface area contributed by atoms with Crippen LogP contribution in [0.25, 0.3) is 0 Å². The molecule has 3 aromatic rings. The number of pyridine rings is 1. The maximum absolute atomic E-state index is 13.6. The lowest BCUT2D eigenvalue weighted by Gasteiger charge is -2.11. The van der Waals surface area contributed by atoms with Gasteiger partial charge in [-0.25, -0.2) is 9.37 Å². The molecule has 1 aromatic heterocycles. The summed E-state index contributed by atoms with van der Waals surface area (Å²) in [5, 5.41) is 2.76. The van der Waals surface area contributed by atoms with Gasteiger partial charge < -0.3 is 14.8 Å². The minimum absolute atomic E-state index is 0.00446. The number of hydrogen-bond acceptors (Lipinski definition) is 4. The number of benzene rings is 2. The zero-order chi connectivity index (χ0) is 19.8. The first-order chi connectivity index (χ1) is 13.7. The van der Waals surface area contributed by atoms with Gasteiger partial charge in [-0.3, -0.25) is 4.79 Å². The van der Waals surface area contributed by atoms with Crippen LogP contribution in [0.4, 0.5) is 4.39 Å². The van der Waals surface area contributed by atoms with E-state index in [1.807, 2.05) is 37.3 Å². The minimum atomic E-state index is -0.381. The summed E-state index contributed by atoms with van der Waals surface area (Å²) in [6.07, 6.45) is 1.62. The highest BCUT2D eigenvalue weighted by Crippen LogP contribution is 2.30. The van der Waals surface area contributed by atoms with E-state index in [0.717, 1.165) is 5.56 Å². The van der Waals surface area contributed by atoms with E-state index in [9.17, 15) is 9.18 Å². The van der Waals surface area contributed by atoms with Crippen LogP contribution in [0.2, 0.25) is 0 Å². The highest BCUT2D eigenvalue weighted by Gasteiger charge is 2.09. The van der Waals surface area contributed by atoms with Crippen molar-refractivity contribution in [1.82, 2.24) is 10.3 Å². The molecule has 144 valence electrons. The fraction of sp³-hybridized carbons (Fsp3) is 0.182. The van der Waals surface area contributed by atoms with E-state index < -0.39 is 0 Å². The summed E-state index contributed by atoms with van der Waals surface area (Å²) in [5.41, 5.74) is 1.18. The summed E-state index contributed by atoms with van der Waals surface area (Å²) < 4.78 is 24.9. The van der Waals surface area contributed by atoms with Gasteiger partial charge in [0, 0.05) is 18.8 Å². The maximum atomic E-state index is 13.6. The Labute approximate surface area is 163 Å². The molecule has 3 rings (SSSR count). The molecule has 5 nitrogen and oxygen atoms in total. The fourth-order valence-electron chi connectivity index (χ4n) is 2.58. The normalized spacial score (nSPS) is 10.4. The number of carbonyl (C=O) groups excluding carboxylic acids is 1. The van der Waals surface area contributed by atoms with E-state index in [4.69, 9.17) is 9.47 Å². The average molecular weight is 380 g/mol. The maximum Gasteiger partial charge on any atom is 0.224 e. The Bertz CT molecular complexity index is 929. The van der Waals surface area contributed by atoms with Gasteiger partial charge in [-0.2, -0.15) is 0 Å². The molecule has 6 heteroatoms. The zero-order valence-electron chi connectivity index (χ0n) is 15.5. The number of halogens is 1. The van der Waals surface area contributed by atoms with E-state index in [1.54, 1.807) is 30.5 Å². The van der Waals surface area contributed by atoms with Gasteiger partial charge in [-0.1, -0.05) is 36.4 Å². The van der Waals surface area contributed by atoms with Crippen molar-refractivity contribution < 1.29 is 18.7 Å². The van der Waals surface area contributed by atoms with Crippen molar-refractivity contribution >= 4 is 5.91 Å². The average Bonchev–Trinajstić information content (AvgIpc) is 2.71. The van der Waals surface area contributed by atoms with E-state index in [2.05, 4.69) is 10.3 Å². The molecular formula is C22H21FN2O3. The summed E-state index contributed by atoms with van der Waals surface area (Å²) in [6, 6.07) is 17.2. The van der Waals surface area contributed by atoms with Gasteiger partial charge in [0.1, 0.15) is 5.82 Å². The van der Waals surface area contributed by atoms with Gasteiger partial charge in [-0.15, -0.1) is 0 Å². The summed E-state index contributed by atoms with van der Waals surface area (Å²) in [7, 11) is 0. The van der Waals surface area contributed by atoms with E-state index in [0.29, 0.717) is 36.1 Å². The van der Waals surface area contributed by atoms with Crippen LogP contribution in [-0.4, -0.2) is 17.5 Å². The number of ether oxygens (including phenoxy) is 2. The number of rotatable bonds is 8. The molecule has 0 aliphatic carbocycles. The Hall–Kier alpha value is -3.41. The summed E-state index contributed by atoms with van der Waals surface area (Å²) in [4.78, 5) is 16.3. The number of aromatic nitrogens is 1. The van der Waals surface area contributed by atoms with E-state index in [1.165, 1.54) is 6.07 Å². The second-order valence-electron chi connectivity index (χ2n) is 6.03. The first kappa shape index (κ1) is 19.4. The van der Waals surface area contributed by atoms with Gasteiger partial charge in [0.15, 0.2) is 11.5 Å². The van der Waals surface area contributed by atoms with Crippen molar-refractivity contribution in [2.24, 2.45) is 0 Å². The van der Waals surface area contributed by atoms with Crippen LogP contribution in [0.1, 0.15) is 18.1 Å². The van der Waals surface area contributed by atoms with E-state index >= 15 is 0 Å². The largest absolute Gasteiger partial charge is 0.490 e. The Morgan fingerprint density at radius 1 is 1.04 bits per heavy atom. The summed E-state index contributed by atoms with van der Waals surface area (Å²) in [6.45, 7) is 2.75. The van der Waals surface area contributed by atoms with Crippen LogP contribution in [-0.2, 0) is 17.8 Å². The predicted molar refractivity (Wildman–Crippen MR) is 104 cm³/mol. The molecule has 0 unspecified atom stereocenters. The number of carbonyl (C=O) groups is 1. The minimum Gasteiger partial charge on any atom is -0.490 e. The first-order valence-corrected chi connectivity index (χ1v) is 9.00. The lowest BCUT2D eigenvalue weighted by Crippen LogP contribution is -2.25. The lowest BCUT2D eigenvalue weighted by molar-refractivity contribution is -0.120. The van der Waals surface area contributed by atoms with Crippen LogP contribution in [0.3, 0.4) is 0 Å². The third-order valence-electron chi connectivity index (χ3n) is 3.96. The second kappa shape index (κ2) is 9.50. The quantitative estimate of drug-likeness (QED) is 0.634. The second-order valence-corrected chi connectivity index (χ2v) is 6.03. The molecule has 0 bridgehead atoms. The van der Waals surface area contributed by atoms with Gasteiger partial charge in [0.05, 0.1) is 13.0 Å². The highest BCUT2D eigenvalue weighted by atomic mass is 19.1. The lowest BCUT2D eigenvalue weighted by atomic mass is 10.1. The molecule has 28 heavy (non-hydrogen) atoms. The van der Waals surface area contributed by atoms with Crippen LogP contribution >= 0.6 is 0 Å². The molecule has 0 aliphatic rings. The molecule has 2 aromatic carbocycles. The Morgan fingerprint density at radius 3 is 2.50 bits per heavy atom. The van der Waals surface area contributed by atoms with Crippen molar-refractivity contribution in [3.8, 4) is 17.4 Å². The monoisotopic (exact) mass is 380 g/mol. The molecule has 0 fully saturated rings. The third kappa shape index (κ3) is 5.30. The van der Waals surface area contributed by atoms with Gasteiger partial charge in [-0.05, 0) is 36.2 Å². The molecule has 0 radical (unpaired) electrons. The van der Waals surface area contributed by atoms with E-state index in [-0.39, 0.29) is 18.1 Å². The standard InChI is InChI=1S/C22H21FN2O3/c1-2-27-19-9-5-6-10-20(19)28-22-12-11-16(15-25-22)14-24-21(26)13-17-7-3-4-8-18(17)23/h3-12,15H,2,13-14H2,1H3,(H,24,26). The number of nitrogens with zero attached hydrogens (tertiary/aromatic N) is 1. The molecule has 0 saturated carbocycles.